The number of anilines is 3. The van der Waals surface area contributed by atoms with Gasteiger partial charge in [0.2, 0.25) is 5.95 Å². The predicted octanol–water partition coefficient (Wildman–Crippen LogP) is 3.92. The van der Waals surface area contributed by atoms with Crippen LogP contribution in [0.25, 0.3) is 0 Å². The Morgan fingerprint density at radius 3 is 2.73 bits per heavy atom. The van der Waals surface area contributed by atoms with Gasteiger partial charge in [-0.05, 0) is 54.9 Å². The highest BCUT2D eigenvalue weighted by molar-refractivity contribution is 9.10. The molecule has 30 heavy (non-hydrogen) atoms. The molecular formula is C18H23BrFN5O4S. The second-order valence-corrected chi connectivity index (χ2v) is 9.51. The van der Waals surface area contributed by atoms with Crippen LogP contribution in [-0.4, -0.2) is 50.4 Å². The van der Waals surface area contributed by atoms with Gasteiger partial charge in [-0.1, -0.05) is 0 Å². The van der Waals surface area contributed by atoms with E-state index in [1.165, 1.54) is 18.3 Å². The van der Waals surface area contributed by atoms with Crippen molar-refractivity contribution in [1.82, 2.24) is 9.97 Å². The van der Waals surface area contributed by atoms with Crippen molar-refractivity contribution < 1.29 is 23.2 Å². The number of aromatic nitrogens is 2. The van der Waals surface area contributed by atoms with Crippen LogP contribution in [0.3, 0.4) is 0 Å². The molecule has 9 nitrogen and oxygen atoms in total. The lowest BCUT2D eigenvalue weighted by Gasteiger charge is -2.18. The van der Waals surface area contributed by atoms with Crippen LogP contribution in [0.1, 0.15) is 20.8 Å². The minimum atomic E-state index is -3.31. The first kappa shape index (κ1) is 24.0. The second kappa shape index (κ2) is 10.1. The van der Waals surface area contributed by atoms with E-state index in [-0.39, 0.29) is 23.5 Å². The van der Waals surface area contributed by atoms with Gasteiger partial charge in [-0.25, -0.2) is 18.4 Å². The number of rotatable bonds is 7. The number of aliphatic hydroxyl groups is 1. The average Bonchev–Trinajstić information content (AvgIpc) is 2.63. The molecule has 0 saturated carbocycles. The topological polar surface area (TPSA) is 126 Å². The summed E-state index contributed by atoms with van der Waals surface area (Å²) in [6.45, 7) is 5.10. The largest absolute Gasteiger partial charge is 0.448 e. The van der Waals surface area contributed by atoms with Gasteiger partial charge in [0, 0.05) is 18.1 Å². The lowest BCUT2D eigenvalue weighted by atomic mass is 10.2. The summed E-state index contributed by atoms with van der Waals surface area (Å²) in [7, 11) is -3.31. The monoisotopic (exact) mass is 503 g/mol. The van der Waals surface area contributed by atoms with E-state index >= 15 is 0 Å². The number of benzene rings is 1. The van der Waals surface area contributed by atoms with Crippen molar-refractivity contribution in [3.05, 3.63) is 34.7 Å². The van der Waals surface area contributed by atoms with Crippen LogP contribution in [0, 0.1) is 5.82 Å². The maximum Gasteiger partial charge on any atom is 0.442 e. The van der Waals surface area contributed by atoms with Crippen molar-refractivity contribution in [3.63, 3.8) is 0 Å². The van der Waals surface area contributed by atoms with Crippen molar-refractivity contribution in [2.45, 2.75) is 37.8 Å². The van der Waals surface area contributed by atoms with E-state index in [4.69, 9.17) is 0 Å². The molecule has 0 fully saturated rings. The predicted molar refractivity (Wildman–Crippen MR) is 116 cm³/mol. The number of nitrogens with zero attached hydrogens (tertiary/aromatic N) is 3. The molecule has 0 saturated heterocycles. The summed E-state index contributed by atoms with van der Waals surface area (Å²) in [5.74, 6) is -0.180. The Morgan fingerprint density at radius 1 is 1.43 bits per heavy atom. The van der Waals surface area contributed by atoms with Gasteiger partial charge in [0.05, 0.1) is 37.8 Å². The van der Waals surface area contributed by atoms with Gasteiger partial charge in [0.1, 0.15) is 11.6 Å². The first-order chi connectivity index (χ1) is 14.0. The fourth-order valence-corrected chi connectivity index (χ4v) is 3.70. The maximum absolute atomic E-state index is 14.6. The molecule has 1 amide bonds. The van der Waals surface area contributed by atoms with Crippen molar-refractivity contribution in [2.24, 2.45) is 4.36 Å². The van der Waals surface area contributed by atoms with Crippen molar-refractivity contribution in [2.75, 3.05) is 23.5 Å². The molecule has 0 aliphatic rings. The van der Waals surface area contributed by atoms with Crippen molar-refractivity contribution in [3.8, 4) is 0 Å². The highest BCUT2D eigenvalue weighted by Crippen LogP contribution is 2.25. The Morgan fingerprint density at radius 2 is 2.13 bits per heavy atom. The number of ether oxygens (including phenoxy) is 1. The molecule has 3 N–H and O–H groups in total. The van der Waals surface area contributed by atoms with Crippen LogP contribution in [0.15, 0.2) is 38.1 Å². The molecule has 1 aromatic carbocycles. The van der Waals surface area contributed by atoms with E-state index < -0.39 is 27.7 Å². The van der Waals surface area contributed by atoms with Gasteiger partial charge in [-0.2, -0.15) is 4.98 Å². The number of hydrogen-bond donors (Lipinski definition) is 3. The number of amides is 1. The summed E-state index contributed by atoms with van der Waals surface area (Å²) in [6.07, 6.45) is 1.05. The van der Waals surface area contributed by atoms with E-state index in [0.717, 1.165) is 12.3 Å². The molecule has 12 heteroatoms. The third-order valence-electron chi connectivity index (χ3n) is 3.94. The summed E-state index contributed by atoms with van der Waals surface area (Å²) < 4.78 is 35.9. The Kier molecular flexibility index (Phi) is 8.10. The molecule has 0 bridgehead atoms. The zero-order valence-corrected chi connectivity index (χ0v) is 19.3. The Balaban J connectivity index is 2.26. The number of halogens is 2. The Bertz CT molecular complexity index is 1040. The lowest BCUT2D eigenvalue weighted by Crippen LogP contribution is -2.28. The highest BCUT2D eigenvalue weighted by atomic mass is 79.9. The summed E-state index contributed by atoms with van der Waals surface area (Å²) >= 11 is 3.33. The fourth-order valence-electron chi connectivity index (χ4n) is 2.22. The first-order valence-corrected chi connectivity index (χ1v) is 11.7. The van der Waals surface area contributed by atoms with E-state index in [0.29, 0.717) is 16.0 Å². The van der Waals surface area contributed by atoms with E-state index in [9.17, 15) is 18.5 Å². The van der Waals surface area contributed by atoms with Crippen LogP contribution in [-0.2, 0) is 14.5 Å². The van der Waals surface area contributed by atoms with Crippen LogP contribution in [0.2, 0.25) is 0 Å². The van der Waals surface area contributed by atoms with E-state index in [1.54, 1.807) is 20.8 Å². The van der Waals surface area contributed by atoms with Crippen LogP contribution < -0.4 is 10.6 Å². The molecule has 3 atom stereocenters. The Hall–Kier alpha value is -2.31. The molecule has 2 rings (SSSR count). The fraction of sp³-hybridized carbons (Fsp3) is 0.389. The van der Waals surface area contributed by atoms with E-state index in [2.05, 4.69) is 45.6 Å². The lowest BCUT2D eigenvalue weighted by molar-refractivity contribution is 0.164. The van der Waals surface area contributed by atoms with Crippen molar-refractivity contribution in [1.29, 1.82) is 0 Å². The SMILES string of the molecule is CCOC(=O)N=S(C)(=O)c1ccc(Nc2ncc(Br)c(N[C@H](C)[C@@H](C)O)n2)cc1F. The van der Waals surface area contributed by atoms with Gasteiger partial charge < -0.3 is 20.5 Å². The molecular weight excluding hydrogens is 481 g/mol. The Labute approximate surface area is 182 Å². The smallest absolute Gasteiger partial charge is 0.442 e. The summed E-state index contributed by atoms with van der Waals surface area (Å²) in [5, 5.41) is 15.5. The minimum Gasteiger partial charge on any atom is -0.448 e. The summed E-state index contributed by atoms with van der Waals surface area (Å²) in [5.41, 5.74) is 0.305. The second-order valence-electron chi connectivity index (χ2n) is 6.43. The third kappa shape index (κ3) is 6.34. The zero-order chi connectivity index (χ0) is 22.5. The molecule has 1 heterocycles. The molecule has 164 valence electrons. The summed E-state index contributed by atoms with van der Waals surface area (Å²) in [4.78, 5) is 19.7. The van der Waals surface area contributed by atoms with Gasteiger partial charge in [0.15, 0.2) is 0 Å². The first-order valence-electron chi connectivity index (χ1n) is 8.96. The molecule has 0 spiro atoms. The molecule has 0 aliphatic carbocycles. The van der Waals surface area contributed by atoms with Gasteiger partial charge >= 0.3 is 6.09 Å². The molecule has 0 radical (unpaired) electrons. The van der Waals surface area contributed by atoms with Crippen LogP contribution in [0.5, 0.6) is 0 Å². The highest BCUT2D eigenvalue weighted by Gasteiger charge is 2.17. The standard InChI is InChI=1S/C18H23BrFN5O4S/c1-5-29-18(27)25-30(4,28)15-7-6-12(8-14(15)20)23-17-21-9-13(19)16(24-17)22-10(2)11(3)26/h6-11,26H,5H2,1-4H3,(H2,21,22,23,24)/t10-,11-,30?/m1/s1. The molecule has 1 unspecified atom stereocenters. The zero-order valence-electron chi connectivity index (χ0n) is 16.8. The van der Waals surface area contributed by atoms with Gasteiger partial charge in [-0.15, -0.1) is 4.36 Å². The van der Waals surface area contributed by atoms with Crippen LogP contribution in [0.4, 0.5) is 26.6 Å². The number of nitrogens with one attached hydrogen (secondary N) is 2. The quantitative estimate of drug-likeness (QED) is 0.518. The third-order valence-corrected chi connectivity index (χ3v) is 6.17. The minimum absolute atomic E-state index is 0.0726. The van der Waals surface area contributed by atoms with E-state index in [1.807, 2.05) is 0 Å². The molecule has 1 aromatic heterocycles. The molecule has 2 aromatic rings. The summed E-state index contributed by atoms with van der Waals surface area (Å²) in [6, 6.07) is 3.59. The van der Waals surface area contributed by atoms with Gasteiger partial charge in [-0.3, -0.25) is 0 Å². The normalized spacial score (nSPS) is 14.9. The van der Waals surface area contributed by atoms with Gasteiger partial charge in [0.25, 0.3) is 0 Å². The van der Waals surface area contributed by atoms with Crippen molar-refractivity contribution >= 4 is 49.2 Å². The average molecular weight is 504 g/mol. The van der Waals surface area contributed by atoms with Crippen LogP contribution >= 0.6 is 15.9 Å². The number of aliphatic hydroxyl groups excluding tert-OH is 1. The molecule has 0 aliphatic heterocycles. The number of carbonyl (C=O) groups is 1. The number of carbonyl (C=O) groups excluding carboxylic acids is 1. The number of hydrogen-bond acceptors (Lipinski definition) is 8. The maximum atomic E-state index is 14.6.